The number of imide groups is 1. The largest absolute Gasteiger partial charge is 0.364 e. The molecule has 2 amide bonds. The van der Waals surface area contributed by atoms with Gasteiger partial charge in [0.25, 0.3) is 11.8 Å². The third-order valence-corrected chi connectivity index (χ3v) is 5.68. The van der Waals surface area contributed by atoms with Crippen LogP contribution in [0, 0.1) is 18.6 Å². The Kier molecular flexibility index (Phi) is 5.39. The highest BCUT2D eigenvalue weighted by Crippen LogP contribution is 2.36. The topological polar surface area (TPSA) is 43.9 Å². The van der Waals surface area contributed by atoms with Gasteiger partial charge in [-0.2, -0.15) is 0 Å². The Hall–Kier alpha value is -3.06. The van der Waals surface area contributed by atoms with Gasteiger partial charge < -0.3 is 9.80 Å². The van der Waals surface area contributed by atoms with E-state index in [0.29, 0.717) is 18.7 Å². The van der Waals surface area contributed by atoms with Crippen LogP contribution in [0.25, 0.3) is 5.57 Å². The number of benzene rings is 2. The molecule has 0 atom stereocenters. The second kappa shape index (κ2) is 7.99. The number of carbonyl (C=O) groups excluding carboxylic acids is 2. The van der Waals surface area contributed by atoms with E-state index in [1.807, 2.05) is 24.0 Å². The zero-order chi connectivity index (χ0) is 21.4. The molecule has 0 aromatic heterocycles. The van der Waals surface area contributed by atoms with Crippen molar-refractivity contribution in [2.75, 3.05) is 37.6 Å². The molecule has 156 valence electrons. The molecule has 30 heavy (non-hydrogen) atoms. The van der Waals surface area contributed by atoms with Gasteiger partial charge in [0, 0.05) is 32.2 Å². The summed E-state index contributed by atoms with van der Waals surface area (Å²) in [7, 11) is 0. The molecule has 2 aliphatic rings. The lowest BCUT2D eigenvalue weighted by atomic mass is 10.0. The molecule has 2 aromatic carbocycles. The van der Waals surface area contributed by atoms with Gasteiger partial charge >= 0.3 is 0 Å². The first-order chi connectivity index (χ1) is 14.4. The van der Waals surface area contributed by atoms with Gasteiger partial charge in [0.1, 0.15) is 17.3 Å². The Balaban J connectivity index is 1.80. The van der Waals surface area contributed by atoms with Crippen LogP contribution in [-0.4, -0.2) is 54.3 Å². The highest BCUT2D eigenvalue weighted by molar-refractivity contribution is 6.45. The third-order valence-electron chi connectivity index (χ3n) is 5.68. The first-order valence-corrected chi connectivity index (χ1v) is 10.0. The van der Waals surface area contributed by atoms with Crippen LogP contribution in [0.4, 0.5) is 14.5 Å². The van der Waals surface area contributed by atoms with Crippen molar-refractivity contribution in [3.63, 3.8) is 0 Å². The Morgan fingerprint density at radius 2 is 1.57 bits per heavy atom. The molecule has 7 heteroatoms. The van der Waals surface area contributed by atoms with Gasteiger partial charge in [0.15, 0.2) is 0 Å². The number of nitrogens with zero attached hydrogens (tertiary/aromatic N) is 3. The highest BCUT2D eigenvalue weighted by atomic mass is 19.1. The molecule has 2 heterocycles. The number of likely N-dealkylation sites (N-methyl/N-ethyl adjacent to an activating group) is 1. The normalized spacial score (nSPS) is 18.0. The second-order valence-electron chi connectivity index (χ2n) is 7.55. The fourth-order valence-corrected chi connectivity index (χ4v) is 3.96. The van der Waals surface area contributed by atoms with Crippen molar-refractivity contribution >= 4 is 23.1 Å². The van der Waals surface area contributed by atoms with E-state index in [9.17, 15) is 18.4 Å². The monoisotopic (exact) mass is 411 g/mol. The SMILES string of the molecule is CCN1CCN(C2=C(c3ccc(C)cc3)C(=O)N(c3cc(F)ccc3F)C2=O)CC1. The van der Waals surface area contributed by atoms with Gasteiger partial charge in [0.2, 0.25) is 0 Å². The maximum atomic E-state index is 14.5. The van der Waals surface area contributed by atoms with Crippen molar-refractivity contribution in [1.82, 2.24) is 9.80 Å². The molecule has 0 spiro atoms. The number of hydrogen-bond donors (Lipinski definition) is 0. The lowest BCUT2D eigenvalue weighted by Crippen LogP contribution is -2.47. The average molecular weight is 411 g/mol. The molecule has 2 aliphatic heterocycles. The molecule has 2 aromatic rings. The van der Waals surface area contributed by atoms with Crippen LogP contribution in [0.15, 0.2) is 48.2 Å². The number of anilines is 1. The van der Waals surface area contributed by atoms with Gasteiger partial charge in [0.05, 0.1) is 11.3 Å². The zero-order valence-electron chi connectivity index (χ0n) is 17.0. The van der Waals surface area contributed by atoms with Crippen molar-refractivity contribution in [3.05, 3.63) is 70.9 Å². The summed E-state index contributed by atoms with van der Waals surface area (Å²) in [6.45, 7) is 7.59. The maximum absolute atomic E-state index is 14.5. The van der Waals surface area contributed by atoms with E-state index in [1.54, 1.807) is 12.1 Å². The Morgan fingerprint density at radius 3 is 2.20 bits per heavy atom. The number of aryl methyl sites for hydroxylation is 1. The van der Waals surface area contributed by atoms with Crippen molar-refractivity contribution < 1.29 is 18.4 Å². The van der Waals surface area contributed by atoms with Gasteiger partial charge in [-0.05, 0) is 31.2 Å². The Bertz CT molecular complexity index is 1030. The second-order valence-corrected chi connectivity index (χ2v) is 7.55. The lowest BCUT2D eigenvalue weighted by Gasteiger charge is -2.36. The van der Waals surface area contributed by atoms with Gasteiger partial charge in [-0.3, -0.25) is 9.59 Å². The van der Waals surface area contributed by atoms with E-state index in [2.05, 4.69) is 11.8 Å². The maximum Gasteiger partial charge on any atom is 0.282 e. The molecule has 4 rings (SSSR count). The number of halogens is 2. The van der Waals surface area contributed by atoms with Crippen molar-refractivity contribution in [1.29, 1.82) is 0 Å². The van der Waals surface area contributed by atoms with Crippen LogP contribution in [0.2, 0.25) is 0 Å². The van der Waals surface area contributed by atoms with Crippen LogP contribution in [0.5, 0.6) is 0 Å². The molecule has 0 N–H and O–H groups in total. The molecule has 1 saturated heterocycles. The summed E-state index contributed by atoms with van der Waals surface area (Å²) in [4.78, 5) is 31.6. The number of piperazine rings is 1. The van der Waals surface area contributed by atoms with Crippen LogP contribution in [0.1, 0.15) is 18.1 Å². The van der Waals surface area contributed by atoms with Crippen molar-refractivity contribution in [3.8, 4) is 0 Å². The van der Waals surface area contributed by atoms with Gasteiger partial charge in [-0.1, -0.05) is 36.8 Å². The number of hydrogen-bond acceptors (Lipinski definition) is 4. The summed E-state index contributed by atoms with van der Waals surface area (Å²) < 4.78 is 28.3. The Morgan fingerprint density at radius 1 is 0.900 bits per heavy atom. The molecule has 0 unspecified atom stereocenters. The van der Waals surface area contributed by atoms with Crippen LogP contribution in [0.3, 0.4) is 0 Å². The molecule has 1 fully saturated rings. The molecular weight excluding hydrogens is 388 g/mol. The van der Waals surface area contributed by atoms with Crippen molar-refractivity contribution in [2.24, 2.45) is 0 Å². The summed E-state index contributed by atoms with van der Waals surface area (Å²) in [6.07, 6.45) is 0. The number of rotatable bonds is 4. The van der Waals surface area contributed by atoms with Crippen LogP contribution < -0.4 is 4.90 Å². The average Bonchev–Trinajstić information content (AvgIpc) is 3.00. The fourth-order valence-electron chi connectivity index (χ4n) is 3.96. The summed E-state index contributed by atoms with van der Waals surface area (Å²) in [5, 5.41) is 0. The quantitative estimate of drug-likeness (QED) is 0.725. The summed E-state index contributed by atoms with van der Waals surface area (Å²) >= 11 is 0. The summed E-state index contributed by atoms with van der Waals surface area (Å²) in [5.41, 5.74) is 1.72. The standard InChI is InChI=1S/C23H23F2N3O2/c1-3-26-10-12-27(13-11-26)21-20(16-6-4-15(2)5-7-16)22(29)28(23(21)30)19-14-17(24)8-9-18(19)25/h4-9,14H,3,10-13H2,1-2H3. The molecule has 0 saturated carbocycles. The zero-order valence-corrected chi connectivity index (χ0v) is 17.0. The lowest BCUT2D eigenvalue weighted by molar-refractivity contribution is -0.120. The minimum absolute atomic E-state index is 0.230. The first-order valence-electron chi connectivity index (χ1n) is 10.0. The molecule has 0 bridgehead atoms. The van der Waals surface area contributed by atoms with E-state index < -0.39 is 23.4 Å². The Labute approximate surface area is 174 Å². The molecule has 0 radical (unpaired) electrons. The van der Waals surface area contributed by atoms with Crippen LogP contribution >= 0.6 is 0 Å². The van der Waals surface area contributed by atoms with Crippen LogP contribution in [-0.2, 0) is 9.59 Å². The first kappa shape index (κ1) is 20.2. The molecule has 0 aliphatic carbocycles. The number of amides is 2. The van der Waals surface area contributed by atoms with Gasteiger partial charge in [-0.25, -0.2) is 13.7 Å². The highest BCUT2D eigenvalue weighted by Gasteiger charge is 2.44. The fraction of sp³-hybridized carbons (Fsp3) is 0.304. The van der Waals surface area contributed by atoms with Crippen molar-refractivity contribution in [2.45, 2.75) is 13.8 Å². The summed E-state index contributed by atoms with van der Waals surface area (Å²) in [5.74, 6) is -2.79. The third kappa shape index (κ3) is 3.50. The van der Waals surface area contributed by atoms with E-state index in [4.69, 9.17) is 0 Å². The smallest absolute Gasteiger partial charge is 0.282 e. The summed E-state index contributed by atoms with van der Waals surface area (Å²) in [6, 6.07) is 10.1. The molecule has 5 nitrogen and oxygen atoms in total. The van der Waals surface area contributed by atoms with E-state index in [1.165, 1.54) is 0 Å². The predicted molar refractivity (Wildman–Crippen MR) is 111 cm³/mol. The van der Waals surface area contributed by atoms with E-state index >= 15 is 0 Å². The minimum atomic E-state index is -0.821. The van der Waals surface area contributed by atoms with E-state index in [-0.39, 0.29) is 17.0 Å². The minimum Gasteiger partial charge on any atom is -0.364 e. The van der Waals surface area contributed by atoms with E-state index in [0.717, 1.165) is 48.3 Å². The molecular formula is C23H23F2N3O2. The number of carbonyl (C=O) groups is 2. The predicted octanol–water partition coefficient (Wildman–Crippen LogP) is 3.20. The van der Waals surface area contributed by atoms with Gasteiger partial charge in [-0.15, -0.1) is 0 Å².